The fraction of sp³-hybridized carbons (Fsp3) is 0.158. The van der Waals surface area contributed by atoms with Crippen LogP contribution in [-0.2, 0) is 21.2 Å². The van der Waals surface area contributed by atoms with E-state index < -0.39 is 15.8 Å². The highest BCUT2D eigenvalue weighted by atomic mass is 32.2. The van der Waals surface area contributed by atoms with Gasteiger partial charge < -0.3 is 5.32 Å². The van der Waals surface area contributed by atoms with E-state index in [0.29, 0.717) is 12.1 Å². The van der Waals surface area contributed by atoms with Gasteiger partial charge in [-0.25, -0.2) is 17.8 Å². The number of nitrogens with zero attached hydrogens (tertiary/aromatic N) is 1. The number of amides is 1. The summed E-state index contributed by atoms with van der Waals surface area (Å²) in [4.78, 5) is 16.3. The summed E-state index contributed by atoms with van der Waals surface area (Å²) in [6, 6.07) is 12.0. The third-order valence-electron chi connectivity index (χ3n) is 3.92. The fourth-order valence-electron chi connectivity index (χ4n) is 2.42. The lowest BCUT2D eigenvalue weighted by atomic mass is 10.2. The number of carbonyl (C=O) groups excluding carboxylic acids is 1. The standard InChI is InChI=1S/C19H18FN3O3S2/c1-13-4-2-3-5-17(13)22-18(24)11-8-15-12-27-19(21-15)23-28(25,26)16-9-6-14(20)7-10-16/h2-7,9-10,12H,8,11H2,1H3,(H,21,23)(H,22,24). The van der Waals surface area contributed by atoms with Gasteiger partial charge in [-0.15, -0.1) is 11.3 Å². The molecule has 1 aromatic heterocycles. The summed E-state index contributed by atoms with van der Waals surface area (Å²) in [7, 11) is -3.84. The van der Waals surface area contributed by atoms with Crippen LogP contribution in [0.2, 0.25) is 0 Å². The van der Waals surface area contributed by atoms with Gasteiger partial charge in [0.1, 0.15) is 5.82 Å². The lowest BCUT2D eigenvalue weighted by Gasteiger charge is -2.07. The smallest absolute Gasteiger partial charge is 0.263 e. The van der Waals surface area contributed by atoms with Crippen molar-refractivity contribution in [2.24, 2.45) is 0 Å². The zero-order chi connectivity index (χ0) is 20.1. The van der Waals surface area contributed by atoms with E-state index in [1.165, 1.54) is 12.1 Å². The van der Waals surface area contributed by atoms with Crippen LogP contribution in [0.1, 0.15) is 17.7 Å². The minimum Gasteiger partial charge on any atom is -0.326 e. The van der Waals surface area contributed by atoms with E-state index in [1.54, 1.807) is 5.38 Å². The monoisotopic (exact) mass is 419 g/mol. The van der Waals surface area contributed by atoms with Gasteiger partial charge in [0.25, 0.3) is 10.0 Å². The molecule has 3 rings (SSSR count). The first kappa shape index (κ1) is 20.0. The Morgan fingerprint density at radius 1 is 1.14 bits per heavy atom. The van der Waals surface area contributed by atoms with E-state index in [-0.39, 0.29) is 22.4 Å². The third-order valence-corrected chi connectivity index (χ3v) is 6.22. The molecule has 0 atom stereocenters. The maximum Gasteiger partial charge on any atom is 0.263 e. The van der Waals surface area contributed by atoms with Crippen LogP contribution in [0.25, 0.3) is 0 Å². The van der Waals surface area contributed by atoms with Crippen molar-refractivity contribution in [2.75, 3.05) is 10.0 Å². The molecule has 0 aliphatic rings. The molecule has 0 radical (unpaired) electrons. The lowest BCUT2D eigenvalue weighted by Crippen LogP contribution is -2.14. The first-order chi connectivity index (χ1) is 13.3. The highest BCUT2D eigenvalue weighted by molar-refractivity contribution is 7.93. The Balaban J connectivity index is 1.57. The van der Waals surface area contributed by atoms with Crippen molar-refractivity contribution in [2.45, 2.75) is 24.7 Å². The normalized spacial score (nSPS) is 11.2. The van der Waals surface area contributed by atoms with Gasteiger partial charge in [-0.05, 0) is 49.2 Å². The Hall–Kier alpha value is -2.78. The average Bonchev–Trinajstić information content (AvgIpc) is 3.09. The second-order valence-corrected chi connectivity index (χ2v) is 8.61. The van der Waals surface area contributed by atoms with Gasteiger partial charge in [0.15, 0.2) is 5.13 Å². The number of benzene rings is 2. The minimum absolute atomic E-state index is 0.0525. The Labute approximate surface area is 166 Å². The highest BCUT2D eigenvalue weighted by Gasteiger charge is 2.16. The minimum atomic E-state index is -3.84. The SMILES string of the molecule is Cc1ccccc1NC(=O)CCc1csc(NS(=O)(=O)c2ccc(F)cc2)n1. The van der Waals surface area contributed by atoms with Crippen molar-refractivity contribution < 1.29 is 17.6 Å². The number of aromatic nitrogens is 1. The number of hydrogen-bond donors (Lipinski definition) is 2. The Bertz CT molecular complexity index is 1080. The molecule has 0 spiro atoms. The van der Waals surface area contributed by atoms with Crippen molar-refractivity contribution in [1.82, 2.24) is 4.98 Å². The van der Waals surface area contributed by atoms with E-state index in [0.717, 1.165) is 34.7 Å². The van der Waals surface area contributed by atoms with Crippen molar-refractivity contribution >= 4 is 38.1 Å². The van der Waals surface area contributed by atoms with Crippen molar-refractivity contribution in [3.05, 3.63) is 71.0 Å². The van der Waals surface area contributed by atoms with Gasteiger partial charge in [0.2, 0.25) is 5.91 Å². The average molecular weight is 420 g/mol. The van der Waals surface area contributed by atoms with Crippen molar-refractivity contribution in [3.8, 4) is 0 Å². The van der Waals surface area contributed by atoms with E-state index >= 15 is 0 Å². The number of halogens is 1. The number of hydrogen-bond acceptors (Lipinski definition) is 5. The number of rotatable bonds is 7. The highest BCUT2D eigenvalue weighted by Crippen LogP contribution is 2.21. The molecule has 0 saturated heterocycles. The predicted octanol–water partition coefficient (Wildman–Crippen LogP) is 3.96. The number of sulfonamides is 1. The predicted molar refractivity (Wildman–Crippen MR) is 107 cm³/mol. The largest absolute Gasteiger partial charge is 0.326 e. The first-order valence-corrected chi connectivity index (χ1v) is 10.8. The van der Waals surface area contributed by atoms with Gasteiger partial charge in [-0.2, -0.15) is 0 Å². The van der Waals surface area contributed by atoms with E-state index in [9.17, 15) is 17.6 Å². The molecule has 3 aromatic rings. The van der Waals surface area contributed by atoms with Gasteiger partial charge in [0.05, 0.1) is 10.6 Å². The molecular formula is C19H18FN3O3S2. The Kier molecular flexibility index (Phi) is 6.05. The quantitative estimate of drug-likeness (QED) is 0.607. The Morgan fingerprint density at radius 2 is 1.86 bits per heavy atom. The summed E-state index contributed by atoms with van der Waals surface area (Å²) >= 11 is 1.13. The second kappa shape index (κ2) is 8.49. The van der Waals surface area contributed by atoms with Crippen LogP contribution in [0.15, 0.2) is 58.8 Å². The molecule has 6 nitrogen and oxygen atoms in total. The van der Waals surface area contributed by atoms with Crippen LogP contribution < -0.4 is 10.0 Å². The summed E-state index contributed by atoms with van der Waals surface area (Å²) in [5, 5.41) is 4.74. The lowest BCUT2D eigenvalue weighted by molar-refractivity contribution is -0.116. The molecule has 28 heavy (non-hydrogen) atoms. The summed E-state index contributed by atoms with van der Waals surface area (Å²) in [6.45, 7) is 1.91. The number of carbonyl (C=O) groups is 1. The number of nitrogens with one attached hydrogen (secondary N) is 2. The van der Waals surface area contributed by atoms with E-state index in [4.69, 9.17) is 0 Å². The van der Waals surface area contributed by atoms with Gasteiger partial charge in [-0.1, -0.05) is 18.2 Å². The third kappa shape index (κ3) is 5.14. The molecule has 0 aliphatic carbocycles. The maximum atomic E-state index is 13.0. The van der Waals surface area contributed by atoms with Gasteiger partial charge in [0, 0.05) is 17.5 Å². The molecule has 2 N–H and O–H groups in total. The molecule has 0 aliphatic heterocycles. The van der Waals surface area contributed by atoms with Crippen molar-refractivity contribution in [3.63, 3.8) is 0 Å². The number of thiazole rings is 1. The summed E-state index contributed by atoms with van der Waals surface area (Å²) < 4.78 is 39.9. The molecule has 0 fully saturated rings. The van der Waals surface area contributed by atoms with Crippen LogP contribution in [0.5, 0.6) is 0 Å². The molecule has 0 saturated carbocycles. The van der Waals surface area contributed by atoms with Gasteiger partial charge in [-0.3, -0.25) is 9.52 Å². The maximum absolute atomic E-state index is 13.0. The van der Waals surface area contributed by atoms with Crippen LogP contribution in [0, 0.1) is 12.7 Å². The molecule has 1 amide bonds. The second-order valence-electron chi connectivity index (χ2n) is 6.07. The van der Waals surface area contributed by atoms with Crippen LogP contribution in [0.4, 0.5) is 15.2 Å². The number of anilines is 2. The Morgan fingerprint density at radius 3 is 2.57 bits per heavy atom. The molecule has 0 unspecified atom stereocenters. The van der Waals surface area contributed by atoms with Gasteiger partial charge >= 0.3 is 0 Å². The molecule has 1 heterocycles. The van der Waals surface area contributed by atoms with Crippen LogP contribution in [0.3, 0.4) is 0 Å². The molecule has 0 bridgehead atoms. The zero-order valence-corrected chi connectivity index (χ0v) is 16.6. The summed E-state index contributed by atoms with van der Waals surface area (Å²) in [6.07, 6.45) is 0.606. The molecule has 146 valence electrons. The van der Waals surface area contributed by atoms with Crippen LogP contribution >= 0.6 is 11.3 Å². The first-order valence-electron chi connectivity index (χ1n) is 8.42. The van der Waals surface area contributed by atoms with Crippen LogP contribution in [-0.4, -0.2) is 19.3 Å². The van der Waals surface area contributed by atoms with E-state index in [2.05, 4.69) is 15.0 Å². The van der Waals surface area contributed by atoms with E-state index in [1.807, 2.05) is 31.2 Å². The fourth-order valence-corrected chi connectivity index (χ4v) is 4.42. The summed E-state index contributed by atoms with van der Waals surface area (Å²) in [5.41, 5.74) is 2.35. The summed E-state index contributed by atoms with van der Waals surface area (Å²) in [5.74, 6) is -0.657. The molecule has 2 aromatic carbocycles. The number of para-hydroxylation sites is 1. The zero-order valence-electron chi connectivity index (χ0n) is 15.0. The number of aryl methyl sites for hydroxylation is 2. The molecular weight excluding hydrogens is 401 g/mol. The topological polar surface area (TPSA) is 88.2 Å². The van der Waals surface area contributed by atoms with Crippen molar-refractivity contribution in [1.29, 1.82) is 0 Å². The molecule has 9 heteroatoms.